The van der Waals surface area contributed by atoms with Crippen LogP contribution in [0, 0.1) is 0 Å². The van der Waals surface area contributed by atoms with Gasteiger partial charge in [0, 0.05) is 18.3 Å². The Morgan fingerprint density at radius 3 is 2.74 bits per heavy atom. The molecule has 1 aliphatic rings. The van der Waals surface area contributed by atoms with Gasteiger partial charge in [-0.05, 0) is 44.8 Å². The van der Waals surface area contributed by atoms with E-state index in [2.05, 4.69) is 29.4 Å². The number of rotatable bonds is 5. The Hall–Kier alpha value is -1.36. The lowest BCUT2D eigenvalue weighted by Crippen LogP contribution is -2.46. The molecule has 106 valence electrons. The summed E-state index contributed by atoms with van der Waals surface area (Å²) in [7, 11) is 0. The molecular weight excluding hydrogens is 240 g/mol. The highest BCUT2D eigenvalue weighted by Gasteiger charge is 2.26. The van der Waals surface area contributed by atoms with Gasteiger partial charge < -0.3 is 10.2 Å². The summed E-state index contributed by atoms with van der Waals surface area (Å²) >= 11 is 0. The van der Waals surface area contributed by atoms with Crippen LogP contribution in [0.2, 0.25) is 0 Å². The van der Waals surface area contributed by atoms with Crippen molar-refractivity contribution < 1.29 is 4.79 Å². The predicted molar refractivity (Wildman–Crippen MR) is 75.2 cm³/mol. The minimum Gasteiger partial charge on any atom is -0.334 e. The zero-order valence-electron chi connectivity index (χ0n) is 11.9. The molecule has 0 unspecified atom stereocenters. The first-order valence-corrected chi connectivity index (χ1v) is 7.32. The summed E-state index contributed by atoms with van der Waals surface area (Å²) in [6, 6.07) is 2.24. The van der Waals surface area contributed by atoms with Gasteiger partial charge >= 0.3 is 0 Å². The Labute approximate surface area is 114 Å². The molecule has 1 fully saturated rings. The number of nitrogens with one attached hydrogen (secondary N) is 2. The fourth-order valence-corrected chi connectivity index (χ4v) is 2.61. The highest BCUT2D eigenvalue weighted by Crippen LogP contribution is 2.16. The molecule has 0 spiro atoms. The quantitative estimate of drug-likeness (QED) is 0.848. The molecule has 2 rings (SSSR count). The zero-order chi connectivity index (χ0) is 13.7. The summed E-state index contributed by atoms with van der Waals surface area (Å²) in [5.41, 5.74) is 1.58. The van der Waals surface area contributed by atoms with Crippen LogP contribution in [0.1, 0.15) is 49.3 Å². The fraction of sp³-hybridized carbons (Fsp3) is 0.714. The minimum absolute atomic E-state index is 0.0738. The normalized spacial score (nSPS) is 16.5. The number of H-pyrrole nitrogens is 1. The second kappa shape index (κ2) is 6.70. The molecule has 2 heterocycles. The number of aromatic amines is 1. The molecule has 0 atom stereocenters. The van der Waals surface area contributed by atoms with Gasteiger partial charge in [0.2, 0.25) is 0 Å². The maximum atomic E-state index is 12.6. The zero-order valence-corrected chi connectivity index (χ0v) is 11.9. The smallest absolute Gasteiger partial charge is 0.274 e. The van der Waals surface area contributed by atoms with E-state index >= 15 is 0 Å². The van der Waals surface area contributed by atoms with Crippen molar-refractivity contribution in [2.45, 2.75) is 45.6 Å². The lowest BCUT2D eigenvalue weighted by atomic mass is 10.0. The maximum absolute atomic E-state index is 12.6. The molecule has 0 aliphatic carbocycles. The van der Waals surface area contributed by atoms with E-state index in [4.69, 9.17) is 0 Å². The third-order valence-corrected chi connectivity index (χ3v) is 3.71. The number of amides is 1. The van der Waals surface area contributed by atoms with E-state index in [-0.39, 0.29) is 5.91 Å². The molecule has 0 radical (unpaired) electrons. The van der Waals surface area contributed by atoms with Gasteiger partial charge in [-0.15, -0.1) is 0 Å². The number of carbonyl (C=O) groups is 1. The van der Waals surface area contributed by atoms with Crippen molar-refractivity contribution in [3.8, 4) is 0 Å². The van der Waals surface area contributed by atoms with Crippen molar-refractivity contribution in [3.63, 3.8) is 0 Å². The molecule has 0 aromatic carbocycles. The van der Waals surface area contributed by atoms with Gasteiger partial charge in [0.25, 0.3) is 5.91 Å². The number of hydrogen-bond donors (Lipinski definition) is 2. The van der Waals surface area contributed by atoms with Crippen LogP contribution in [0.25, 0.3) is 0 Å². The first kappa shape index (κ1) is 14.1. The van der Waals surface area contributed by atoms with Crippen molar-refractivity contribution in [2.24, 2.45) is 0 Å². The van der Waals surface area contributed by atoms with E-state index in [0.29, 0.717) is 11.7 Å². The molecule has 1 aliphatic heterocycles. The average molecular weight is 264 g/mol. The van der Waals surface area contributed by atoms with Gasteiger partial charge in [0.05, 0.1) is 0 Å². The third kappa shape index (κ3) is 3.35. The Morgan fingerprint density at radius 1 is 1.42 bits per heavy atom. The maximum Gasteiger partial charge on any atom is 0.274 e. The first-order valence-electron chi connectivity index (χ1n) is 7.32. The Kier molecular flexibility index (Phi) is 4.96. The Bertz CT molecular complexity index is 409. The van der Waals surface area contributed by atoms with Gasteiger partial charge in [-0.3, -0.25) is 9.89 Å². The number of aromatic nitrogens is 2. The van der Waals surface area contributed by atoms with Gasteiger partial charge in [-0.1, -0.05) is 13.8 Å². The van der Waals surface area contributed by atoms with Crippen molar-refractivity contribution in [3.05, 3.63) is 17.5 Å². The van der Waals surface area contributed by atoms with Crippen molar-refractivity contribution >= 4 is 5.91 Å². The van der Waals surface area contributed by atoms with Gasteiger partial charge in [-0.25, -0.2) is 0 Å². The molecule has 19 heavy (non-hydrogen) atoms. The molecular formula is C14H24N4O. The third-order valence-electron chi connectivity index (χ3n) is 3.71. The van der Waals surface area contributed by atoms with E-state index in [1.807, 2.05) is 11.0 Å². The monoisotopic (exact) mass is 264 g/mol. The molecule has 0 saturated carbocycles. The molecule has 5 heteroatoms. The standard InChI is InChI=1S/C14H24N4O/c1-3-9-18(12-5-7-15-8-6-12)14(19)13-10-11(4-2)16-17-13/h10,12,15H,3-9H2,1-2H3,(H,16,17). The molecule has 0 bridgehead atoms. The Balaban J connectivity index is 2.10. The number of aryl methyl sites for hydroxylation is 1. The van der Waals surface area contributed by atoms with Gasteiger partial charge in [0.1, 0.15) is 5.69 Å². The van der Waals surface area contributed by atoms with Crippen LogP contribution in [0.5, 0.6) is 0 Å². The SMILES string of the molecule is CCCN(C(=O)c1cc(CC)[nH]n1)C1CCNCC1. The number of hydrogen-bond acceptors (Lipinski definition) is 3. The lowest BCUT2D eigenvalue weighted by molar-refractivity contribution is 0.0636. The minimum atomic E-state index is 0.0738. The molecule has 1 aromatic rings. The largest absolute Gasteiger partial charge is 0.334 e. The summed E-state index contributed by atoms with van der Waals surface area (Å²) in [6.45, 7) is 6.98. The van der Waals surface area contributed by atoms with E-state index in [1.165, 1.54) is 0 Å². The topological polar surface area (TPSA) is 61.0 Å². The van der Waals surface area contributed by atoms with E-state index in [0.717, 1.165) is 51.0 Å². The van der Waals surface area contributed by atoms with Crippen molar-refractivity contribution in [1.82, 2.24) is 20.4 Å². The Morgan fingerprint density at radius 2 is 2.16 bits per heavy atom. The van der Waals surface area contributed by atoms with E-state index in [1.54, 1.807) is 0 Å². The second-order valence-corrected chi connectivity index (χ2v) is 5.11. The van der Waals surface area contributed by atoms with Crippen LogP contribution in [-0.2, 0) is 6.42 Å². The van der Waals surface area contributed by atoms with Crippen LogP contribution in [0.4, 0.5) is 0 Å². The molecule has 1 aromatic heterocycles. The summed E-state index contributed by atoms with van der Waals surface area (Å²) in [5.74, 6) is 0.0738. The second-order valence-electron chi connectivity index (χ2n) is 5.11. The summed E-state index contributed by atoms with van der Waals surface area (Å²) in [4.78, 5) is 14.6. The van der Waals surface area contributed by atoms with Gasteiger partial charge in [-0.2, -0.15) is 5.10 Å². The first-order chi connectivity index (χ1) is 9.26. The van der Waals surface area contributed by atoms with Crippen LogP contribution < -0.4 is 5.32 Å². The van der Waals surface area contributed by atoms with E-state index in [9.17, 15) is 4.79 Å². The van der Waals surface area contributed by atoms with E-state index < -0.39 is 0 Å². The highest BCUT2D eigenvalue weighted by atomic mass is 16.2. The molecule has 2 N–H and O–H groups in total. The molecule has 1 amide bonds. The molecule has 1 saturated heterocycles. The molecule has 5 nitrogen and oxygen atoms in total. The van der Waals surface area contributed by atoms with Crippen LogP contribution in [-0.4, -0.2) is 46.7 Å². The predicted octanol–water partition coefficient (Wildman–Crippen LogP) is 1.58. The van der Waals surface area contributed by atoms with Crippen LogP contribution >= 0.6 is 0 Å². The lowest BCUT2D eigenvalue weighted by Gasteiger charge is -2.34. The van der Waals surface area contributed by atoms with Crippen LogP contribution in [0.3, 0.4) is 0 Å². The van der Waals surface area contributed by atoms with Gasteiger partial charge in [0.15, 0.2) is 0 Å². The number of piperidine rings is 1. The summed E-state index contributed by atoms with van der Waals surface area (Å²) in [5, 5.41) is 10.4. The van der Waals surface area contributed by atoms with Crippen LogP contribution in [0.15, 0.2) is 6.07 Å². The number of carbonyl (C=O) groups excluding carboxylic acids is 1. The summed E-state index contributed by atoms with van der Waals surface area (Å²) < 4.78 is 0. The van der Waals surface area contributed by atoms with Crippen molar-refractivity contribution in [1.29, 1.82) is 0 Å². The highest BCUT2D eigenvalue weighted by molar-refractivity contribution is 5.92. The fourth-order valence-electron chi connectivity index (χ4n) is 2.61. The average Bonchev–Trinajstić information content (AvgIpc) is 2.94. The number of nitrogens with zero attached hydrogens (tertiary/aromatic N) is 2. The summed E-state index contributed by atoms with van der Waals surface area (Å²) in [6.07, 6.45) is 3.94. The van der Waals surface area contributed by atoms with Crippen molar-refractivity contribution in [2.75, 3.05) is 19.6 Å².